The molecule has 0 radical (unpaired) electrons. The molecule has 0 bridgehead atoms. The summed E-state index contributed by atoms with van der Waals surface area (Å²) < 4.78 is 10.5. The molecule has 24 heavy (non-hydrogen) atoms. The minimum Gasteiger partial charge on any atom is -0.496 e. The van der Waals surface area contributed by atoms with E-state index in [0.717, 1.165) is 24.2 Å². The SMILES string of the molecule is COc1ccccc1CCNC(=O)NCC1CN(C2CC2)C(=O)O1. The van der Waals surface area contributed by atoms with Crippen LogP contribution in [0.2, 0.25) is 0 Å². The van der Waals surface area contributed by atoms with E-state index >= 15 is 0 Å². The lowest BCUT2D eigenvalue weighted by Gasteiger charge is -2.12. The van der Waals surface area contributed by atoms with Crippen LogP contribution in [-0.2, 0) is 11.2 Å². The van der Waals surface area contributed by atoms with E-state index in [1.54, 1.807) is 12.0 Å². The summed E-state index contributed by atoms with van der Waals surface area (Å²) in [6, 6.07) is 7.81. The highest BCUT2D eigenvalue weighted by atomic mass is 16.6. The van der Waals surface area contributed by atoms with Crippen LogP contribution in [0.5, 0.6) is 5.75 Å². The minimum atomic E-state index is -0.266. The van der Waals surface area contributed by atoms with Gasteiger partial charge in [-0.25, -0.2) is 9.59 Å². The number of nitrogens with one attached hydrogen (secondary N) is 2. The van der Waals surface area contributed by atoms with E-state index in [1.807, 2.05) is 24.3 Å². The topological polar surface area (TPSA) is 79.9 Å². The van der Waals surface area contributed by atoms with Crippen molar-refractivity contribution in [3.8, 4) is 5.75 Å². The average Bonchev–Trinajstić information content (AvgIpc) is 3.36. The maximum atomic E-state index is 11.8. The summed E-state index contributed by atoms with van der Waals surface area (Å²) in [6.45, 7) is 1.39. The molecule has 7 heteroatoms. The number of hydrogen-bond donors (Lipinski definition) is 2. The number of benzene rings is 1. The van der Waals surface area contributed by atoms with Gasteiger partial charge in [-0.2, -0.15) is 0 Å². The molecular formula is C17H23N3O4. The van der Waals surface area contributed by atoms with Crippen molar-refractivity contribution in [3.05, 3.63) is 29.8 Å². The quantitative estimate of drug-likeness (QED) is 0.793. The van der Waals surface area contributed by atoms with E-state index in [0.29, 0.717) is 32.1 Å². The minimum absolute atomic E-state index is 0.259. The van der Waals surface area contributed by atoms with Crippen LogP contribution in [0.4, 0.5) is 9.59 Å². The number of rotatable bonds is 7. The zero-order valence-corrected chi connectivity index (χ0v) is 13.8. The summed E-state index contributed by atoms with van der Waals surface area (Å²) in [5, 5.41) is 5.56. The molecule has 1 aliphatic heterocycles. The van der Waals surface area contributed by atoms with Crippen LogP contribution in [0.15, 0.2) is 24.3 Å². The lowest BCUT2D eigenvalue weighted by molar-refractivity contribution is 0.131. The number of para-hydroxylation sites is 1. The van der Waals surface area contributed by atoms with Crippen molar-refractivity contribution in [2.24, 2.45) is 0 Å². The smallest absolute Gasteiger partial charge is 0.410 e. The Morgan fingerprint density at radius 2 is 2.12 bits per heavy atom. The van der Waals surface area contributed by atoms with Gasteiger partial charge in [-0.1, -0.05) is 18.2 Å². The summed E-state index contributed by atoms with van der Waals surface area (Å²) in [5.74, 6) is 0.817. The van der Waals surface area contributed by atoms with Crippen molar-refractivity contribution >= 4 is 12.1 Å². The molecule has 1 aliphatic carbocycles. The van der Waals surface area contributed by atoms with Gasteiger partial charge in [0, 0.05) is 12.6 Å². The summed E-state index contributed by atoms with van der Waals surface area (Å²) in [4.78, 5) is 25.3. The van der Waals surface area contributed by atoms with Gasteiger partial charge >= 0.3 is 12.1 Å². The highest BCUT2D eigenvalue weighted by Gasteiger charge is 2.40. The van der Waals surface area contributed by atoms with Crippen molar-refractivity contribution in [3.63, 3.8) is 0 Å². The normalized spacial score (nSPS) is 19.8. The zero-order valence-electron chi connectivity index (χ0n) is 13.8. The Kier molecular flexibility index (Phi) is 5.08. The Morgan fingerprint density at radius 3 is 2.88 bits per heavy atom. The monoisotopic (exact) mass is 333 g/mol. The molecule has 1 unspecified atom stereocenters. The van der Waals surface area contributed by atoms with Gasteiger partial charge in [-0.05, 0) is 30.9 Å². The maximum absolute atomic E-state index is 11.8. The molecular weight excluding hydrogens is 310 g/mol. The third-order valence-electron chi connectivity index (χ3n) is 4.25. The van der Waals surface area contributed by atoms with E-state index in [2.05, 4.69) is 10.6 Å². The first-order valence-electron chi connectivity index (χ1n) is 8.28. The van der Waals surface area contributed by atoms with Crippen molar-refractivity contribution in [2.45, 2.75) is 31.4 Å². The first kappa shape index (κ1) is 16.4. The molecule has 1 heterocycles. The molecule has 0 spiro atoms. The molecule has 0 aromatic heterocycles. The Morgan fingerprint density at radius 1 is 1.33 bits per heavy atom. The molecule has 2 fully saturated rings. The van der Waals surface area contributed by atoms with E-state index in [4.69, 9.17) is 9.47 Å². The first-order chi connectivity index (χ1) is 11.7. The fourth-order valence-electron chi connectivity index (χ4n) is 2.82. The maximum Gasteiger partial charge on any atom is 0.410 e. The number of nitrogens with zero attached hydrogens (tertiary/aromatic N) is 1. The van der Waals surface area contributed by atoms with Gasteiger partial charge < -0.3 is 25.0 Å². The third-order valence-corrected chi connectivity index (χ3v) is 4.25. The van der Waals surface area contributed by atoms with Crippen LogP contribution >= 0.6 is 0 Å². The summed E-state index contributed by atoms with van der Waals surface area (Å²) in [6.07, 6.45) is 2.27. The number of carbonyl (C=O) groups is 2. The molecule has 7 nitrogen and oxygen atoms in total. The molecule has 2 N–H and O–H groups in total. The van der Waals surface area contributed by atoms with Crippen LogP contribution in [-0.4, -0.2) is 55.9 Å². The number of cyclic esters (lactones) is 1. The van der Waals surface area contributed by atoms with Crippen molar-refractivity contribution in [1.82, 2.24) is 15.5 Å². The van der Waals surface area contributed by atoms with Gasteiger partial charge in [0.1, 0.15) is 11.9 Å². The number of ether oxygens (including phenoxy) is 2. The van der Waals surface area contributed by atoms with Crippen LogP contribution in [0.1, 0.15) is 18.4 Å². The number of urea groups is 1. The summed E-state index contributed by atoms with van der Waals surface area (Å²) >= 11 is 0. The van der Waals surface area contributed by atoms with Crippen molar-refractivity contribution < 1.29 is 19.1 Å². The van der Waals surface area contributed by atoms with Crippen LogP contribution in [0.3, 0.4) is 0 Å². The largest absolute Gasteiger partial charge is 0.496 e. The predicted molar refractivity (Wildman–Crippen MR) is 88.1 cm³/mol. The molecule has 1 aromatic carbocycles. The van der Waals surface area contributed by atoms with Gasteiger partial charge in [0.15, 0.2) is 0 Å². The van der Waals surface area contributed by atoms with Gasteiger partial charge in [-0.3, -0.25) is 0 Å². The first-order valence-corrected chi connectivity index (χ1v) is 8.28. The molecule has 1 saturated carbocycles. The van der Waals surface area contributed by atoms with Gasteiger partial charge in [0.2, 0.25) is 0 Å². The van der Waals surface area contributed by atoms with Crippen LogP contribution in [0.25, 0.3) is 0 Å². The molecule has 1 atom stereocenters. The molecule has 1 aromatic rings. The molecule has 1 saturated heterocycles. The third kappa shape index (κ3) is 4.10. The number of carbonyl (C=O) groups excluding carboxylic acids is 2. The molecule has 3 amide bonds. The lowest BCUT2D eigenvalue weighted by atomic mass is 10.1. The molecule has 3 rings (SSSR count). The molecule has 2 aliphatic rings. The number of amides is 3. The van der Waals surface area contributed by atoms with Crippen LogP contribution in [0, 0.1) is 0 Å². The van der Waals surface area contributed by atoms with Crippen molar-refractivity contribution in [1.29, 1.82) is 0 Å². The van der Waals surface area contributed by atoms with Crippen molar-refractivity contribution in [2.75, 3.05) is 26.7 Å². The van der Waals surface area contributed by atoms with Crippen LogP contribution < -0.4 is 15.4 Å². The van der Waals surface area contributed by atoms with Gasteiger partial charge in [0.05, 0.1) is 20.2 Å². The second-order valence-corrected chi connectivity index (χ2v) is 6.09. The van der Waals surface area contributed by atoms with Gasteiger partial charge in [-0.15, -0.1) is 0 Å². The Labute approximate surface area is 141 Å². The average molecular weight is 333 g/mol. The standard InChI is InChI=1S/C17H23N3O4/c1-23-15-5-3-2-4-12(15)8-9-18-16(21)19-10-14-11-20(13-6-7-13)17(22)24-14/h2-5,13-14H,6-11H2,1H3,(H2,18,19,21). The Bertz CT molecular complexity index is 603. The number of hydrogen-bond acceptors (Lipinski definition) is 4. The predicted octanol–water partition coefficient (Wildman–Crippen LogP) is 1.52. The summed E-state index contributed by atoms with van der Waals surface area (Å²) in [5.41, 5.74) is 1.05. The second kappa shape index (κ2) is 7.42. The highest BCUT2D eigenvalue weighted by Crippen LogP contribution is 2.30. The zero-order chi connectivity index (χ0) is 16.9. The van der Waals surface area contributed by atoms with E-state index < -0.39 is 0 Å². The fraction of sp³-hybridized carbons (Fsp3) is 0.529. The van der Waals surface area contributed by atoms with E-state index in [9.17, 15) is 9.59 Å². The Balaban J connectivity index is 1.35. The van der Waals surface area contributed by atoms with Gasteiger partial charge in [0.25, 0.3) is 0 Å². The summed E-state index contributed by atoms with van der Waals surface area (Å²) in [7, 11) is 1.63. The molecule has 130 valence electrons. The van der Waals surface area contributed by atoms with E-state index in [-0.39, 0.29) is 18.2 Å². The van der Waals surface area contributed by atoms with E-state index in [1.165, 1.54) is 0 Å². The Hall–Kier alpha value is -2.44. The second-order valence-electron chi connectivity index (χ2n) is 6.09. The highest BCUT2D eigenvalue weighted by molar-refractivity contribution is 5.74. The fourth-order valence-corrected chi connectivity index (χ4v) is 2.82. The lowest BCUT2D eigenvalue weighted by Crippen LogP contribution is -2.41. The number of methoxy groups -OCH3 is 1.